The number of methoxy groups -OCH3 is 1. The van der Waals surface area contributed by atoms with Gasteiger partial charge in [0.2, 0.25) is 0 Å². The average molecular weight is 538 g/mol. The van der Waals surface area contributed by atoms with Crippen molar-refractivity contribution in [3.05, 3.63) is 29.3 Å². The number of hydrogen-bond donors (Lipinski definition) is 1. The van der Waals surface area contributed by atoms with Gasteiger partial charge in [0.05, 0.1) is 23.9 Å². The number of nitrogens with one attached hydrogen (secondary N) is 1. The van der Waals surface area contributed by atoms with Crippen LogP contribution in [-0.4, -0.2) is 53.0 Å². The molecule has 2 aliphatic heterocycles. The van der Waals surface area contributed by atoms with E-state index in [1.54, 1.807) is 27.7 Å². The molecule has 1 saturated carbocycles. The van der Waals surface area contributed by atoms with Crippen molar-refractivity contribution in [1.82, 2.24) is 5.32 Å². The van der Waals surface area contributed by atoms with Gasteiger partial charge in [0, 0.05) is 11.5 Å². The summed E-state index contributed by atoms with van der Waals surface area (Å²) in [4.78, 5) is 30.0. The molecule has 37 heavy (non-hydrogen) atoms. The first-order valence-corrected chi connectivity index (χ1v) is 12.9. The predicted octanol–water partition coefficient (Wildman–Crippen LogP) is 4.04. The molecule has 3 atom stereocenters. The number of benzene rings is 1. The van der Waals surface area contributed by atoms with E-state index in [4.69, 9.17) is 18.8 Å². The standard InChI is InChI=1S/C25H33BF2N2O6S/c1-21(2,3)34-20(32)29-19-30-24(8,16-12-25(16,37-19)18(31)33-9)14-10-13(11-15(27)17(14)28)26-35-22(4,5)23(6,7)36-26/h10-11,16H,12H2,1-9H3,(H,29,30,32). The van der Waals surface area contributed by atoms with Gasteiger partial charge in [-0.05, 0) is 73.3 Å². The average Bonchev–Trinajstić information content (AvgIpc) is 3.44. The zero-order chi connectivity index (χ0) is 27.8. The molecule has 1 aliphatic carbocycles. The van der Waals surface area contributed by atoms with Gasteiger partial charge in [0.25, 0.3) is 0 Å². The van der Waals surface area contributed by atoms with E-state index in [-0.39, 0.29) is 16.2 Å². The van der Waals surface area contributed by atoms with Gasteiger partial charge in [-0.2, -0.15) is 0 Å². The lowest BCUT2D eigenvalue weighted by Crippen LogP contribution is -2.44. The molecule has 2 fully saturated rings. The number of nitrogens with zero attached hydrogens (tertiary/aromatic N) is 1. The maximum Gasteiger partial charge on any atom is 0.494 e. The predicted molar refractivity (Wildman–Crippen MR) is 137 cm³/mol. The second-order valence-electron chi connectivity index (χ2n) is 11.9. The second kappa shape index (κ2) is 8.67. The van der Waals surface area contributed by atoms with Crippen LogP contribution in [0.4, 0.5) is 13.6 Å². The number of carbonyl (C=O) groups excluding carboxylic acids is 2. The van der Waals surface area contributed by atoms with Crippen molar-refractivity contribution in [2.75, 3.05) is 7.11 Å². The highest BCUT2D eigenvalue weighted by Crippen LogP contribution is 2.66. The molecule has 0 spiro atoms. The Morgan fingerprint density at radius 3 is 2.27 bits per heavy atom. The van der Waals surface area contributed by atoms with Crippen LogP contribution in [0, 0.1) is 17.6 Å². The molecular formula is C25H33BF2N2O6S. The summed E-state index contributed by atoms with van der Waals surface area (Å²) in [5.74, 6) is -3.23. The van der Waals surface area contributed by atoms with Crippen molar-refractivity contribution in [3.63, 3.8) is 0 Å². The largest absolute Gasteiger partial charge is 0.494 e. The van der Waals surface area contributed by atoms with E-state index in [1.165, 1.54) is 13.2 Å². The number of thioether (sulfide) groups is 1. The fourth-order valence-corrected chi connectivity index (χ4v) is 6.22. The summed E-state index contributed by atoms with van der Waals surface area (Å²) < 4.78 is 51.8. The van der Waals surface area contributed by atoms with Gasteiger partial charge in [-0.25, -0.2) is 13.6 Å². The molecule has 1 aromatic rings. The summed E-state index contributed by atoms with van der Waals surface area (Å²) in [6.07, 6.45) is -0.483. The molecule has 3 unspecified atom stereocenters. The third-order valence-electron chi connectivity index (χ3n) is 7.46. The minimum absolute atomic E-state index is 0.0525. The Morgan fingerprint density at radius 1 is 1.14 bits per heavy atom. The summed E-state index contributed by atoms with van der Waals surface area (Å²) >= 11 is 1.03. The summed E-state index contributed by atoms with van der Waals surface area (Å²) in [5.41, 5.74) is -3.35. The van der Waals surface area contributed by atoms with Crippen LogP contribution in [0.15, 0.2) is 17.1 Å². The smallest absolute Gasteiger partial charge is 0.468 e. The molecule has 8 nitrogen and oxygen atoms in total. The van der Waals surface area contributed by atoms with Gasteiger partial charge < -0.3 is 18.8 Å². The van der Waals surface area contributed by atoms with Crippen molar-refractivity contribution in [2.24, 2.45) is 10.9 Å². The molecule has 1 N–H and O–H groups in total. The molecule has 3 aliphatic rings. The highest BCUT2D eigenvalue weighted by Gasteiger charge is 2.72. The summed E-state index contributed by atoms with van der Waals surface area (Å²) in [6, 6.07) is 2.51. The van der Waals surface area contributed by atoms with E-state index in [1.807, 2.05) is 27.7 Å². The van der Waals surface area contributed by atoms with Crippen LogP contribution in [0.1, 0.15) is 67.4 Å². The van der Waals surface area contributed by atoms with Gasteiger partial charge in [0.15, 0.2) is 16.8 Å². The third-order valence-corrected chi connectivity index (χ3v) is 8.83. The number of aliphatic imine (C=N–C) groups is 1. The Hall–Kier alpha value is -2.18. The molecule has 0 aromatic heterocycles. The fourth-order valence-electron chi connectivity index (χ4n) is 4.72. The van der Waals surface area contributed by atoms with E-state index < -0.39 is 63.8 Å². The number of ether oxygens (including phenoxy) is 2. The number of amidine groups is 1. The summed E-state index contributed by atoms with van der Waals surface area (Å²) in [7, 11) is 0.323. The third kappa shape index (κ3) is 4.76. The van der Waals surface area contributed by atoms with Crippen LogP contribution in [0.2, 0.25) is 0 Å². The topological polar surface area (TPSA) is 95.5 Å². The van der Waals surface area contributed by atoms with Crippen molar-refractivity contribution in [1.29, 1.82) is 0 Å². The first-order valence-electron chi connectivity index (χ1n) is 12.1. The van der Waals surface area contributed by atoms with E-state index in [2.05, 4.69) is 10.3 Å². The molecule has 1 amide bonds. The first-order chi connectivity index (χ1) is 16.8. The number of alkyl carbamates (subject to hydrolysis) is 1. The maximum absolute atomic E-state index is 15.5. The van der Waals surface area contributed by atoms with E-state index >= 15 is 8.78 Å². The van der Waals surface area contributed by atoms with Crippen LogP contribution in [0.3, 0.4) is 0 Å². The number of fused-ring (bicyclic) bond motifs is 1. The van der Waals surface area contributed by atoms with Crippen LogP contribution in [-0.2, 0) is 29.1 Å². The number of esters is 1. The maximum atomic E-state index is 15.5. The second-order valence-corrected chi connectivity index (χ2v) is 13.2. The van der Waals surface area contributed by atoms with Crippen molar-refractivity contribution in [2.45, 2.75) is 88.9 Å². The number of amides is 1. The number of rotatable bonds is 3. The molecule has 12 heteroatoms. The van der Waals surface area contributed by atoms with Gasteiger partial charge >= 0.3 is 19.2 Å². The monoisotopic (exact) mass is 538 g/mol. The van der Waals surface area contributed by atoms with E-state index in [0.29, 0.717) is 6.42 Å². The van der Waals surface area contributed by atoms with Gasteiger partial charge in [-0.1, -0.05) is 17.8 Å². The highest BCUT2D eigenvalue weighted by molar-refractivity contribution is 8.16. The van der Waals surface area contributed by atoms with Crippen LogP contribution in [0.25, 0.3) is 0 Å². The molecule has 202 valence electrons. The van der Waals surface area contributed by atoms with Crippen molar-refractivity contribution in [3.8, 4) is 0 Å². The van der Waals surface area contributed by atoms with Crippen LogP contribution in [0.5, 0.6) is 0 Å². The fraction of sp³-hybridized carbons (Fsp3) is 0.640. The van der Waals surface area contributed by atoms with Crippen LogP contribution < -0.4 is 10.8 Å². The Bertz CT molecular complexity index is 1170. The van der Waals surface area contributed by atoms with E-state index in [9.17, 15) is 9.59 Å². The Morgan fingerprint density at radius 2 is 1.73 bits per heavy atom. The molecule has 2 heterocycles. The number of carbonyl (C=O) groups is 2. The summed E-state index contributed by atoms with van der Waals surface area (Å²) in [6.45, 7) is 14.2. The molecular weight excluding hydrogens is 505 g/mol. The SMILES string of the molecule is COC(=O)C12CC1C(C)(c1cc(B3OC(C)(C)C(C)(C)O3)cc(F)c1F)N=C(NC(=O)OC(C)(C)C)S2. The lowest BCUT2D eigenvalue weighted by atomic mass is 9.75. The van der Waals surface area contributed by atoms with Crippen molar-refractivity contribution < 1.29 is 37.2 Å². The molecule has 1 aromatic carbocycles. The van der Waals surface area contributed by atoms with Gasteiger partial charge in [0.1, 0.15) is 10.3 Å². The van der Waals surface area contributed by atoms with Gasteiger partial charge in [-0.3, -0.25) is 15.1 Å². The molecule has 1 saturated heterocycles. The lowest BCUT2D eigenvalue weighted by molar-refractivity contribution is -0.141. The van der Waals surface area contributed by atoms with E-state index in [0.717, 1.165) is 17.8 Å². The molecule has 0 radical (unpaired) electrons. The minimum atomic E-state index is -1.41. The zero-order valence-electron chi connectivity index (χ0n) is 22.6. The number of hydrogen-bond acceptors (Lipinski definition) is 8. The lowest BCUT2D eigenvalue weighted by Gasteiger charge is -2.34. The van der Waals surface area contributed by atoms with Crippen molar-refractivity contribution >= 4 is 41.6 Å². The highest BCUT2D eigenvalue weighted by atomic mass is 32.2. The number of halogens is 2. The van der Waals surface area contributed by atoms with Gasteiger partial charge in [-0.15, -0.1) is 0 Å². The summed E-state index contributed by atoms with van der Waals surface area (Å²) in [5, 5.41) is 2.62. The quantitative estimate of drug-likeness (QED) is 0.459. The first kappa shape index (κ1) is 27.8. The minimum Gasteiger partial charge on any atom is -0.468 e. The Balaban J connectivity index is 1.78. The normalized spacial score (nSPS) is 29.8. The Labute approximate surface area is 220 Å². The molecule has 0 bridgehead atoms. The zero-order valence-corrected chi connectivity index (χ0v) is 23.4. The Kier molecular flexibility index (Phi) is 6.53. The van der Waals surface area contributed by atoms with Crippen LogP contribution >= 0.6 is 11.8 Å². The molecule has 4 rings (SSSR count).